The minimum Gasteiger partial charge on any atom is -0.377 e. The zero-order chi connectivity index (χ0) is 32.0. The molecule has 0 aliphatic heterocycles. The molecule has 13 heteroatoms. The summed E-state index contributed by atoms with van der Waals surface area (Å²) in [6.07, 6.45) is 1.13. The van der Waals surface area contributed by atoms with Gasteiger partial charge in [0.25, 0.3) is 11.8 Å². The van der Waals surface area contributed by atoms with Crippen molar-refractivity contribution in [2.24, 2.45) is 0 Å². The van der Waals surface area contributed by atoms with Crippen molar-refractivity contribution in [3.63, 3.8) is 0 Å². The minimum absolute atomic E-state index is 0.158. The van der Waals surface area contributed by atoms with Crippen LogP contribution < -0.4 is 9.80 Å². The van der Waals surface area contributed by atoms with E-state index in [1.807, 2.05) is 60.7 Å². The molecule has 1 aromatic heterocycles. The highest BCUT2D eigenvalue weighted by atomic mass is 28.4. The molecule has 44 heavy (non-hydrogen) atoms. The molecule has 1 heterocycles. The summed E-state index contributed by atoms with van der Waals surface area (Å²) in [6, 6.07) is 24.7. The number of hydrogen-bond acceptors (Lipinski definition) is 9. The molecule has 0 bridgehead atoms. The Hall–Kier alpha value is -3.28. The molecule has 3 rings (SSSR count). The van der Waals surface area contributed by atoms with Gasteiger partial charge >= 0.3 is 17.6 Å². The van der Waals surface area contributed by atoms with Crippen LogP contribution in [-0.4, -0.2) is 90.2 Å². The van der Waals surface area contributed by atoms with Gasteiger partial charge in [-0.15, -0.1) is 0 Å². The van der Waals surface area contributed by atoms with Gasteiger partial charge < -0.3 is 36.4 Å². The second-order valence-electron chi connectivity index (χ2n) is 9.79. The molecule has 0 unspecified atom stereocenters. The number of benzene rings is 2. The molecule has 0 saturated carbocycles. The lowest BCUT2D eigenvalue weighted by Crippen LogP contribution is -2.44. The highest BCUT2D eigenvalue weighted by Gasteiger charge is 2.38. The standard InChI is InChI=1S/C31H43N3O8Si2/c1-37-43(38-2,39-3)24-14-22-33(26-16-9-7-10-17-26)30(35)28-20-13-21-29(32-28)31(36)34(27-18-11-8-12-19-27)23-15-25-44(40-4,41-5)42-6/h7-13,16-21H,14-15,22-25H2,1-6H3. The number of aromatic nitrogens is 1. The van der Waals surface area contributed by atoms with Gasteiger partial charge in [-0.25, -0.2) is 4.98 Å². The van der Waals surface area contributed by atoms with E-state index in [9.17, 15) is 9.59 Å². The van der Waals surface area contributed by atoms with Gasteiger partial charge in [0.05, 0.1) is 0 Å². The van der Waals surface area contributed by atoms with Crippen LogP contribution in [0.5, 0.6) is 0 Å². The SMILES string of the molecule is CO[Si](CCCN(C(=O)c1cccc(C(=O)N(CCC[Si](OC)(OC)OC)c2ccccc2)n1)c1ccccc1)(OC)OC. The van der Waals surface area contributed by atoms with Crippen molar-refractivity contribution < 1.29 is 36.1 Å². The highest BCUT2D eigenvalue weighted by molar-refractivity contribution is 6.60. The lowest BCUT2D eigenvalue weighted by atomic mass is 10.2. The zero-order valence-corrected chi connectivity index (χ0v) is 28.4. The van der Waals surface area contributed by atoms with Crippen molar-refractivity contribution in [2.45, 2.75) is 24.9 Å². The molecular formula is C31H43N3O8Si2. The van der Waals surface area contributed by atoms with E-state index in [0.717, 1.165) is 0 Å². The molecule has 2 aromatic carbocycles. The summed E-state index contributed by atoms with van der Waals surface area (Å²) in [5, 5.41) is 0. The van der Waals surface area contributed by atoms with Crippen LogP contribution in [0.1, 0.15) is 33.8 Å². The van der Waals surface area contributed by atoms with Crippen LogP contribution in [0.4, 0.5) is 11.4 Å². The molecule has 0 fully saturated rings. The van der Waals surface area contributed by atoms with Crippen LogP contribution in [0.2, 0.25) is 12.1 Å². The second-order valence-corrected chi connectivity index (χ2v) is 16.0. The molecular weight excluding hydrogens is 599 g/mol. The van der Waals surface area contributed by atoms with Gasteiger partial charge in [-0.3, -0.25) is 9.59 Å². The fourth-order valence-corrected chi connectivity index (χ4v) is 8.29. The first-order valence-corrected chi connectivity index (χ1v) is 18.2. The molecule has 2 amide bonds. The van der Waals surface area contributed by atoms with E-state index in [1.165, 1.54) is 0 Å². The largest absolute Gasteiger partial charge is 0.500 e. The number of carbonyl (C=O) groups excluding carboxylic acids is 2. The van der Waals surface area contributed by atoms with Gasteiger partial charge in [0.2, 0.25) is 0 Å². The summed E-state index contributed by atoms with van der Waals surface area (Å²) in [6.45, 7) is 0.738. The lowest BCUT2D eigenvalue weighted by Gasteiger charge is -2.27. The maximum absolute atomic E-state index is 13.9. The van der Waals surface area contributed by atoms with Gasteiger partial charge in [-0.1, -0.05) is 42.5 Å². The predicted molar refractivity (Wildman–Crippen MR) is 173 cm³/mol. The first-order valence-electron chi connectivity index (χ1n) is 14.3. The fourth-order valence-electron chi connectivity index (χ4n) is 4.88. The van der Waals surface area contributed by atoms with Crippen molar-refractivity contribution in [1.82, 2.24) is 4.98 Å². The van der Waals surface area contributed by atoms with Crippen molar-refractivity contribution in [2.75, 3.05) is 65.5 Å². The Bertz CT molecular complexity index is 1200. The van der Waals surface area contributed by atoms with Crippen LogP contribution >= 0.6 is 0 Å². The third-order valence-corrected chi connectivity index (χ3v) is 13.1. The van der Waals surface area contributed by atoms with Crippen molar-refractivity contribution in [3.05, 3.63) is 90.3 Å². The Balaban J connectivity index is 1.86. The van der Waals surface area contributed by atoms with Gasteiger partial charge in [0.15, 0.2) is 0 Å². The highest BCUT2D eigenvalue weighted by Crippen LogP contribution is 2.23. The number of nitrogens with zero attached hydrogens (tertiary/aromatic N) is 3. The number of carbonyl (C=O) groups is 2. The maximum atomic E-state index is 13.9. The molecule has 0 saturated heterocycles. The van der Waals surface area contributed by atoms with E-state index in [-0.39, 0.29) is 23.2 Å². The molecule has 0 radical (unpaired) electrons. The Morgan fingerprint density at radius 1 is 0.545 bits per heavy atom. The number of amides is 2. The number of anilines is 2. The Kier molecular flexibility index (Phi) is 13.8. The molecule has 11 nitrogen and oxygen atoms in total. The average molecular weight is 642 g/mol. The van der Waals surface area contributed by atoms with E-state index >= 15 is 0 Å². The van der Waals surface area contributed by atoms with Crippen LogP contribution in [-0.2, 0) is 26.6 Å². The fraction of sp³-hybridized carbons (Fsp3) is 0.387. The van der Waals surface area contributed by atoms with Crippen molar-refractivity contribution >= 4 is 40.8 Å². The summed E-state index contributed by atoms with van der Waals surface area (Å²) < 4.78 is 33.3. The van der Waals surface area contributed by atoms with Crippen molar-refractivity contribution in [3.8, 4) is 0 Å². The molecule has 0 atom stereocenters. The van der Waals surface area contributed by atoms with Crippen LogP contribution in [0.15, 0.2) is 78.9 Å². The van der Waals surface area contributed by atoms with Crippen LogP contribution in [0.25, 0.3) is 0 Å². The molecule has 0 aliphatic carbocycles. The van der Waals surface area contributed by atoms with E-state index in [1.54, 1.807) is 70.7 Å². The first kappa shape index (κ1) is 35.2. The first-order chi connectivity index (χ1) is 21.3. The lowest BCUT2D eigenvalue weighted by molar-refractivity contribution is 0.0973. The summed E-state index contributed by atoms with van der Waals surface area (Å²) in [4.78, 5) is 35.7. The third kappa shape index (κ3) is 8.89. The van der Waals surface area contributed by atoms with Crippen molar-refractivity contribution in [1.29, 1.82) is 0 Å². The van der Waals surface area contributed by atoms with E-state index in [2.05, 4.69) is 4.98 Å². The minimum atomic E-state index is -2.82. The van der Waals surface area contributed by atoms with Crippen LogP contribution in [0, 0.1) is 0 Å². The average Bonchev–Trinajstić information content (AvgIpc) is 3.09. The number of rotatable bonds is 18. The molecule has 0 spiro atoms. The summed E-state index contributed by atoms with van der Waals surface area (Å²) in [5.41, 5.74) is 1.74. The maximum Gasteiger partial charge on any atom is 0.500 e. The van der Waals surface area contributed by atoms with Gasteiger partial charge in [-0.05, 0) is 49.2 Å². The Morgan fingerprint density at radius 3 is 1.20 bits per heavy atom. The predicted octanol–water partition coefficient (Wildman–Crippen LogP) is 4.91. The Labute approximate surface area is 262 Å². The molecule has 0 aliphatic rings. The van der Waals surface area contributed by atoms with Gasteiger partial charge in [0, 0.05) is 79.2 Å². The quantitative estimate of drug-likeness (QED) is 0.179. The van der Waals surface area contributed by atoms with Gasteiger partial charge in [-0.2, -0.15) is 0 Å². The number of para-hydroxylation sites is 2. The number of pyridine rings is 1. The van der Waals surface area contributed by atoms with E-state index < -0.39 is 17.6 Å². The summed E-state index contributed by atoms with van der Waals surface area (Å²) in [7, 11) is 3.74. The topological polar surface area (TPSA) is 109 Å². The van der Waals surface area contributed by atoms with E-state index in [0.29, 0.717) is 49.4 Å². The van der Waals surface area contributed by atoms with E-state index in [4.69, 9.17) is 26.6 Å². The monoisotopic (exact) mass is 641 g/mol. The smallest absolute Gasteiger partial charge is 0.377 e. The molecule has 238 valence electrons. The summed E-state index contributed by atoms with van der Waals surface area (Å²) >= 11 is 0. The van der Waals surface area contributed by atoms with Crippen LogP contribution in [0.3, 0.4) is 0 Å². The molecule has 0 N–H and O–H groups in total. The summed E-state index contributed by atoms with van der Waals surface area (Å²) in [5.74, 6) is -0.652. The Morgan fingerprint density at radius 2 is 0.886 bits per heavy atom. The molecule has 3 aromatic rings. The normalized spacial score (nSPS) is 11.8. The zero-order valence-electron chi connectivity index (χ0n) is 26.4. The third-order valence-electron chi connectivity index (χ3n) is 7.41. The van der Waals surface area contributed by atoms with Gasteiger partial charge in [0.1, 0.15) is 11.4 Å². The second kappa shape index (κ2) is 17.3. The number of hydrogen-bond donors (Lipinski definition) is 0.